The van der Waals surface area contributed by atoms with Gasteiger partial charge in [0.2, 0.25) is 0 Å². The maximum absolute atomic E-state index is 11.4. The molecule has 0 spiro atoms. The molecule has 0 fully saturated rings. The Morgan fingerprint density at radius 3 is 3.00 bits per heavy atom. The molecular formula is C9H11BrN2O2. The van der Waals surface area contributed by atoms with Crippen molar-refractivity contribution in [1.82, 2.24) is 4.98 Å². The van der Waals surface area contributed by atoms with Crippen LogP contribution >= 0.6 is 15.9 Å². The van der Waals surface area contributed by atoms with Crippen LogP contribution in [0.2, 0.25) is 0 Å². The Morgan fingerprint density at radius 1 is 1.71 bits per heavy atom. The van der Waals surface area contributed by atoms with E-state index in [0.717, 1.165) is 4.47 Å². The number of amides is 1. The molecule has 0 radical (unpaired) electrons. The third-order valence-electron chi connectivity index (χ3n) is 1.70. The van der Waals surface area contributed by atoms with Gasteiger partial charge in [0, 0.05) is 17.8 Å². The number of ether oxygens (including phenoxy) is 1. The number of aromatic nitrogens is 1. The van der Waals surface area contributed by atoms with Crippen molar-refractivity contribution in [2.24, 2.45) is 0 Å². The van der Waals surface area contributed by atoms with Gasteiger partial charge in [-0.1, -0.05) is 15.9 Å². The van der Waals surface area contributed by atoms with E-state index >= 15 is 0 Å². The largest absolute Gasteiger partial charge is 0.372 e. The predicted molar refractivity (Wildman–Crippen MR) is 57.0 cm³/mol. The first-order chi connectivity index (χ1) is 6.63. The van der Waals surface area contributed by atoms with Crippen LogP contribution in [-0.2, 0) is 9.53 Å². The Hall–Kier alpha value is -0.940. The van der Waals surface area contributed by atoms with Crippen molar-refractivity contribution in [3.8, 4) is 0 Å². The van der Waals surface area contributed by atoms with E-state index in [4.69, 9.17) is 4.74 Å². The quantitative estimate of drug-likeness (QED) is 0.900. The summed E-state index contributed by atoms with van der Waals surface area (Å²) in [6, 6.07) is 3.51. The standard InChI is InChI=1S/C9H11BrN2O2/c1-6(14-2)9(13)12-8-5-7(10)3-4-11-8/h3-6H,1-2H3,(H,11,12,13). The summed E-state index contributed by atoms with van der Waals surface area (Å²) in [5.41, 5.74) is 0. The lowest BCUT2D eigenvalue weighted by atomic mass is 10.3. The number of carbonyl (C=O) groups excluding carboxylic acids is 1. The van der Waals surface area contributed by atoms with Gasteiger partial charge in [-0.3, -0.25) is 4.79 Å². The first-order valence-corrected chi connectivity index (χ1v) is 4.88. The number of pyridine rings is 1. The SMILES string of the molecule is COC(C)C(=O)Nc1cc(Br)ccn1. The van der Waals surface area contributed by atoms with Gasteiger partial charge in [0.25, 0.3) is 5.91 Å². The molecule has 14 heavy (non-hydrogen) atoms. The number of carbonyl (C=O) groups is 1. The minimum Gasteiger partial charge on any atom is -0.372 e. The van der Waals surface area contributed by atoms with Crippen molar-refractivity contribution < 1.29 is 9.53 Å². The molecule has 0 saturated carbocycles. The fourth-order valence-corrected chi connectivity index (χ4v) is 1.14. The van der Waals surface area contributed by atoms with Crippen LogP contribution in [0, 0.1) is 0 Å². The van der Waals surface area contributed by atoms with Crippen LogP contribution in [-0.4, -0.2) is 24.1 Å². The normalized spacial score (nSPS) is 12.2. The number of halogens is 1. The third-order valence-corrected chi connectivity index (χ3v) is 2.19. The Kier molecular flexibility index (Phi) is 4.03. The van der Waals surface area contributed by atoms with Gasteiger partial charge < -0.3 is 10.1 Å². The van der Waals surface area contributed by atoms with E-state index in [2.05, 4.69) is 26.2 Å². The van der Waals surface area contributed by atoms with E-state index in [9.17, 15) is 4.79 Å². The first kappa shape index (κ1) is 11.1. The molecule has 0 bridgehead atoms. The zero-order valence-corrected chi connectivity index (χ0v) is 9.54. The number of methoxy groups -OCH3 is 1. The highest BCUT2D eigenvalue weighted by Crippen LogP contribution is 2.12. The Morgan fingerprint density at radius 2 is 2.43 bits per heavy atom. The number of anilines is 1. The van der Waals surface area contributed by atoms with E-state index in [1.54, 1.807) is 25.3 Å². The molecule has 1 amide bonds. The summed E-state index contributed by atoms with van der Waals surface area (Å²) in [7, 11) is 1.48. The summed E-state index contributed by atoms with van der Waals surface area (Å²) < 4.78 is 5.73. The Balaban J connectivity index is 2.65. The average molecular weight is 259 g/mol. The highest BCUT2D eigenvalue weighted by molar-refractivity contribution is 9.10. The fraction of sp³-hybridized carbons (Fsp3) is 0.333. The Bertz CT molecular complexity index is 330. The summed E-state index contributed by atoms with van der Waals surface area (Å²) in [6.07, 6.45) is 1.13. The minimum atomic E-state index is -0.476. The molecule has 76 valence electrons. The molecule has 4 nitrogen and oxygen atoms in total. The molecule has 1 rings (SSSR count). The third kappa shape index (κ3) is 3.08. The van der Waals surface area contributed by atoms with E-state index in [0.29, 0.717) is 5.82 Å². The van der Waals surface area contributed by atoms with Gasteiger partial charge in [-0.15, -0.1) is 0 Å². The molecule has 0 saturated heterocycles. The zero-order chi connectivity index (χ0) is 10.6. The van der Waals surface area contributed by atoms with Gasteiger partial charge in [-0.2, -0.15) is 0 Å². The van der Waals surface area contributed by atoms with Crippen molar-refractivity contribution >= 4 is 27.7 Å². The van der Waals surface area contributed by atoms with Gasteiger partial charge >= 0.3 is 0 Å². The van der Waals surface area contributed by atoms with Gasteiger partial charge in [-0.25, -0.2) is 4.98 Å². The molecule has 0 aliphatic heterocycles. The highest BCUT2D eigenvalue weighted by atomic mass is 79.9. The molecule has 0 aromatic carbocycles. The van der Waals surface area contributed by atoms with Crippen LogP contribution in [0.15, 0.2) is 22.8 Å². The number of rotatable bonds is 3. The first-order valence-electron chi connectivity index (χ1n) is 4.08. The maximum atomic E-state index is 11.4. The van der Waals surface area contributed by atoms with Crippen molar-refractivity contribution in [3.05, 3.63) is 22.8 Å². The second-order valence-corrected chi connectivity index (χ2v) is 3.64. The summed E-state index contributed by atoms with van der Waals surface area (Å²) in [5, 5.41) is 2.63. The fourth-order valence-electron chi connectivity index (χ4n) is 0.808. The second kappa shape index (κ2) is 5.07. The maximum Gasteiger partial charge on any atom is 0.254 e. The summed E-state index contributed by atoms with van der Waals surface area (Å²) >= 11 is 3.28. The number of nitrogens with one attached hydrogen (secondary N) is 1. The molecule has 0 aliphatic carbocycles. The van der Waals surface area contributed by atoms with Crippen molar-refractivity contribution in [2.45, 2.75) is 13.0 Å². The molecule has 1 aromatic heterocycles. The van der Waals surface area contributed by atoms with E-state index in [-0.39, 0.29) is 5.91 Å². The minimum absolute atomic E-state index is 0.210. The van der Waals surface area contributed by atoms with Crippen LogP contribution in [0.4, 0.5) is 5.82 Å². The molecule has 5 heteroatoms. The Labute approximate surface area is 90.8 Å². The molecular weight excluding hydrogens is 248 g/mol. The topological polar surface area (TPSA) is 51.2 Å². The number of nitrogens with zero attached hydrogens (tertiary/aromatic N) is 1. The monoisotopic (exact) mass is 258 g/mol. The smallest absolute Gasteiger partial charge is 0.254 e. The van der Waals surface area contributed by atoms with E-state index in [1.807, 2.05) is 0 Å². The summed E-state index contributed by atoms with van der Waals surface area (Å²) in [5.74, 6) is 0.298. The number of hydrogen-bond acceptors (Lipinski definition) is 3. The molecule has 1 aromatic rings. The lowest BCUT2D eigenvalue weighted by Gasteiger charge is -2.09. The van der Waals surface area contributed by atoms with Gasteiger partial charge in [0.1, 0.15) is 11.9 Å². The number of hydrogen-bond donors (Lipinski definition) is 1. The van der Waals surface area contributed by atoms with Crippen LogP contribution in [0.5, 0.6) is 0 Å². The van der Waals surface area contributed by atoms with Crippen LogP contribution in [0.25, 0.3) is 0 Å². The van der Waals surface area contributed by atoms with Gasteiger partial charge in [0.05, 0.1) is 0 Å². The lowest BCUT2D eigenvalue weighted by Crippen LogP contribution is -2.26. The highest BCUT2D eigenvalue weighted by Gasteiger charge is 2.11. The van der Waals surface area contributed by atoms with Crippen LogP contribution < -0.4 is 5.32 Å². The van der Waals surface area contributed by atoms with Crippen molar-refractivity contribution in [1.29, 1.82) is 0 Å². The van der Waals surface area contributed by atoms with Crippen molar-refractivity contribution in [3.63, 3.8) is 0 Å². The summed E-state index contributed by atoms with van der Waals surface area (Å²) in [6.45, 7) is 1.67. The van der Waals surface area contributed by atoms with Crippen LogP contribution in [0.1, 0.15) is 6.92 Å². The molecule has 1 N–H and O–H groups in total. The van der Waals surface area contributed by atoms with Gasteiger partial charge in [0.15, 0.2) is 0 Å². The molecule has 1 atom stereocenters. The predicted octanol–water partition coefficient (Wildman–Crippen LogP) is 1.82. The zero-order valence-electron chi connectivity index (χ0n) is 7.95. The molecule has 0 aliphatic rings. The van der Waals surface area contributed by atoms with Gasteiger partial charge in [-0.05, 0) is 19.1 Å². The van der Waals surface area contributed by atoms with Crippen molar-refractivity contribution in [2.75, 3.05) is 12.4 Å². The van der Waals surface area contributed by atoms with E-state index in [1.165, 1.54) is 7.11 Å². The van der Waals surface area contributed by atoms with E-state index < -0.39 is 6.10 Å². The van der Waals surface area contributed by atoms with Crippen LogP contribution in [0.3, 0.4) is 0 Å². The second-order valence-electron chi connectivity index (χ2n) is 2.73. The molecule has 1 unspecified atom stereocenters. The molecule has 1 heterocycles. The lowest BCUT2D eigenvalue weighted by molar-refractivity contribution is -0.124. The summed E-state index contributed by atoms with van der Waals surface area (Å²) in [4.78, 5) is 15.3. The average Bonchev–Trinajstić information content (AvgIpc) is 2.16.